The first-order valence-corrected chi connectivity index (χ1v) is 12.6. The normalized spacial score (nSPS) is 15.9. The minimum absolute atomic E-state index is 0.0212. The van der Waals surface area contributed by atoms with Crippen molar-refractivity contribution < 1.29 is 32.3 Å². The lowest BCUT2D eigenvalue weighted by Gasteiger charge is -2.28. The number of ether oxygens (including phenoxy) is 1. The van der Waals surface area contributed by atoms with E-state index < -0.39 is 33.8 Å². The van der Waals surface area contributed by atoms with E-state index in [1.54, 1.807) is 12.1 Å². The number of sulfonamides is 1. The van der Waals surface area contributed by atoms with Gasteiger partial charge in [-0.05, 0) is 54.8 Å². The van der Waals surface area contributed by atoms with Gasteiger partial charge in [-0.15, -0.1) is 0 Å². The van der Waals surface area contributed by atoms with E-state index >= 15 is 0 Å². The Hall–Kier alpha value is -3.57. The van der Waals surface area contributed by atoms with Gasteiger partial charge in [0, 0.05) is 19.9 Å². The van der Waals surface area contributed by atoms with Crippen molar-refractivity contribution in [1.82, 2.24) is 4.90 Å². The number of rotatable bonds is 9. The maximum absolute atomic E-state index is 13.2. The fourth-order valence-electron chi connectivity index (χ4n) is 3.87. The fourth-order valence-corrected chi connectivity index (χ4v) is 4.38. The molecule has 35 heavy (non-hydrogen) atoms. The zero-order valence-corrected chi connectivity index (χ0v) is 20.3. The first kappa shape index (κ1) is 26.0. The van der Waals surface area contributed by atoms with Crippen LogP contribution in [0.3, 0.4) is 0 Å². The molecule has 1 heterocycles. The number of hydrogen-bond acceptors (Lipinski definition) is 7. The molecule has 11 heteroatoms. The Kier molecular flexibility index (Phi) is 8.03. The van der Waals surface area contributed by atoms with Crippen LogP contribution < -0.4 is 14.8 Å². The Morgan fingerprint density at radius 2 is 1.71 bits per heavy atom. The molecule has 3 rings (SSSR count). The summed E-state index contributed by atoms with van der Waals surface area (Å²) in [5, 5.41) is 5.13. The number of benzene rings is 2. The summed E-state index contributed by atoms with van der Waals surface area (Å²) in [6, 6.07) is 11.0. The maximum atomic E-state index is 13.2. The molecular weight excluding hydrogens is 474 g/mol. The van der Waals surface area contributed by atoms with Crippen molar-refractivity contribution in [2.45, 2.75) is 50.5 Å². The lowest BCUT2D eigenvalue weighted by atomic mass is 10.1. The Labute approximate surface area is 203 Å². The highest BCUT2D eigenvalue weighted by Crippen LogP contribution is 2.28. The lowest BCUT2D eigenvalue weighted by Crippen LogP contribution is -2.46. The molecule has 1 fully saturated rings. The number of nitrogens with two attached hydrogens (primary N) is 1. The predicted octanol–water partition coefficient (Wildman–Crippen LogP) is 1.76. The van der Waals surface area contributed by atoms with Crippen molar-refractivity contribution in [2.24, 2.45) is 5.14 Å². The highest BCUT2D eigenvalue weighted by molar-refractivity contribution is 7.89. The number of carbonyl (C=O) groups is 4. The van der Waals surface area contributed by atoms with Gasteiger partial charge < -0.3 is 9.64 Å². The summed E-state index contributed by atoms with van der Waals surface area (Å²) in [6.07, 6.45) is 1.01. The van der Waals surface area contributed by atoms with E-state index in [2.05, 4.69) is 0 Å². The van der Waals surface area contributed by atoms with Crippen LogP contribution in [0.2, 0.25) is 0 Å². The van der Waals surface area contributed by atoms with Crippen molar-refractivity contribution in [3.05, 3.63) is 54.1 Å². The quantitative estimate of drug-likeness (QED) is 0.313. The van der Waals surface area contributed by atoms with E-state index in [0.717, 1.165) is 10.5 Å². The first-order valence-electron chi connectivity index (χ1n) is 11.1. The molecule has 3 amide bonds. The molecule has 0 saturated carbocycles. The molecular formula is C24H27N3O7S. The van der Waals surface area contributed by atoms with Gasteiger partial charge in [0.2, 0.25) is 21.8 Å². The average Bonchev–Trinajstić information content (AvgIpc) is 3.08. The third-order valence-corrected chi connectivity index (χ3v) is 6.46. The Balaban J connectivity index is 1.78. The third kappa shape index (κ3) is 6.31. The van der Waals surface area contributed by atoms with Crippen LogP contribution in [0.4, 0.5) is 5.69 Å². The highest BCUT2D eigenvalue weighted by atomic mass is 32.2. The summed E-state index contributed by atoms with van der Waals surface area (Å²) in [4.78, 5) is 52.4. The number of primary sulfonamides is 1. The summed E-state index contributed by atoms with van der Waals surface area (Å²) >= 11 is 0. The van der Waals surface area contributed by atoms with Crippen LogP contribution in [0.5, 0.6) is 5.75 Å². The van der Waals surface area contributed by atoms with E-state index in [-0.39, 0.29) is 35.9 Å². The summed E-state index contributed by atoms with van der Waals surface area (Å²) in [7, 11) is -3.82. The molecule has 0 radical (unpaired) electrons. The molecule has 1 aliphatic rings. The fraction of sp³-hybridized carbons (Fsp3) is 0.333. The average molecular weight is 502 g/mol. The van der Waals surface area contributed by atoms with Gasteiger partial charge in [0.05, 0.1) is 17.0 Å². The number of nitrogens with zero attached hydrogens (tertiary/aromatic N) is 2. The predicted molar refractivity (Wildman–Crippen MR) is 127 cm³/mol. The minimum atomic E-state index is -3.82. The maximum Gasteiger partial charge on any atom is 0.308 e. The van der Waals surface area contributed by atoms with Gasteiger partial charge in [-0.3, -0.25) is 19.2 Å². The van der Waals surface area contributed by atoms with Gasteiger partial charge in [0.15, 0.2) is 0 Å². The summed E-state index contributed by atoms with van der Waals surface area (Å²) in [5.41, 5.74) is 1.07. The zero-order chi connectivity index (χ0) is 25.8. The van der Waals surface area contributed by atoms with E-state index in [9.17, 15) is 27.6 Å². The second-order valence-electron chi connectivity index (χ2n) is 8.15. The lowest BCUT2D eigenvalue weighted by molar-refractivity contribution is -0.138. The summed E-state index contributed by atoms with van der Waals surface area (Å²) in [6.45, 7) is 3.29. The number of imide groups is 1. The van der Waals surface area contributed by atoms with E-state index in [4.69, 9.17) is 9.88 Å². The second-order valence-corrected chi connectivity index (χ2v) is 9.71. The molecule has 0 aliphatic carbocycles. The number of anilines is 1. The van der Waals surface area contributed by atoms with Crippen LogP contribution >= 0.6 is 0 Å². The van der Waals surface area contributed by atoms with Gasteiger partial charge in [0.25, 0.3) is 5.91 Å². The Morgan fingerprint density at radius 3 is 2.26 bits per heavy atom. The van der Waals surface area contributed by atoms with Gasteiger partial charge in [-0.25, -0.2) is 18.5 Å². The molecule has 1 saturated heterocycles. The molecule has 2 aromatic rings. The number of carbonyl (C=O) groups excluding carboxylic acids is 4. The van der Waals surface area contributed by atoms with Crippen LogP contribution in [0.15, 0.2) is 53.4 Å². The summed E-state index contributed by atoms with van der Waals surface area (Å²) in [5.74, 6) is -1.40. The molecule has 0 spiro atoms. The molecule has 1 unspecified atom stereocenters. The number of amides is 3. The zero-order valence-electron chi connectivity index (χ0n) is 19.5. The third-order valence-electron chi connectivity index (χ3n) is 5.53. The Bertz CT molecular complexity index is 1220. The van der Waals surface area contributed by atoms with E-state index in [0.29, 0.717) is 18.5 Å². The molecule has 2 N–H and O–H groups in total. The van der Waals surface area contributed by atoms with Crippen LogP contribution in [0.1, 0.15) is 38.7 Å². The van der Waals surface area contributed by atoms with Crippen LogP contribution in [0.25, 0.3) is 0 Å². The molecule has 1 atom stereocenters. The number of esters is 1. The minimum Gasteiger partial charge on any atom is -0.427 e. The van der Waals surface area contributed by atoms with E-state index in [1.165, 1.54) is 48.2 Å². The van der Waals surface area contributed by atoms with Crippen molar-refractivity contribution in [1.29, 1.82) is 0 Å². The Morgan fingerprint density at radius 1 is 1.09 bits per heavy atom. The topological polar surface area (TPSA) is 144 Å². The molecule has 2 aromatic carbocycles. The largest absolute Gasteiger partial charge is 0.427 e. The van der Waals surface area contributed by atoms with Gasteiger partial charge in [-0.1, -0.05) is 19.1 Å². The second kappa shape index (κ2) is 10.8. The van der Waals surface area contributed by atoms with Crippen molar-refractivity contribution in [3.8, 4) is 5.75 Å². The molecule has 10 nitrogen and oxygen atoms in total. The molecule has 0 aromatic heterocycles. The monoisotopic (exact) mass is 501 g/mol. The molecule has 0 bridgehead atoms. The van der Waals surface area contributed by atoms with Crippen molar-refractivity contribution in [2.75, 3.05) is 11.4 Å². The van der Waals surface area contributed by atoms with Gasteiger partial charge >= 0.3 is 5.97 Å². The van der Waals surface area contributed by atoms with E-state index in [1.807, 2.05) is 6.92 Å². The summed E-state index contributed by atoms with van der Waals surface area (Å²) < 4.78 is 27.9. The molecule has 1 aliphatic heterocycles. The van der Waals surface area contributed by atoms with Crippen molar-refractivity contribution >= 4 is 39.4 Å². The smallest absolute Gasteiger partial charge is 0.308 e. The van der Waals surface area contributed by atoms with Crippen LogP contribution in [-0.4, -0.2) is 49.6 Å². The van der Waals surface area contributed by atoms with Crippen LogP contribution in [-0.2, 0) is 35.6 Å². The van der Waals surface area contributed by atoms with Gasteiger partial charge in [-0.2, -0.15) is 0 Å². The first-order chi connectivity index (χ1) is 16.5. The highest BCUT2D eigenvalue weighted by Gasteiger charge is 2.44. The van der Waals surface area contributed by atoms with Crippen molar-refractivity contribution in [3.63, 3.8) is 0 Å². The SMILES string of the molecule is CCCC(=O)N(CCc1ccc(S(N)(=O)=O)cc1)C1CC(=O)N(c2ccc(OC(C)=O)cc2)C1=O. The number of hydrogen-bond donors (Lipinski definition) is 1. The van der Waals surface area contributed by atoms with Crippen LogP contribution in [0, 0.1) is 0 Å². The van der Waals surface area contributed by atoms with Gasteiger partial charge in [0.1, 0.15) is 11.8 Å². The standard InChI is InChI=1S/C24H27N3O7S/c1-3-4-22(29)26(14-13-17-5-11-20(12-6-17)35(25,32)33)21-15-23(30)27(24(21)31)18-7-9-19(10-8-18)34-16(2)28/h5-12,21H,3-4,13-15H2,1-2H3,(H2,25,32,33). The molecule has 186 valence electrons.